The molecule has 3 heteroatoms. The van der Waals surface area contributed by atoms with Crippen LogP contribution < -0.4 is 0 Å². The average molecular weight is 169 g/mol. The molecule has 1 aliphatic rings. The van der Waals surface area contributed by atoms with Gasteiger partial charge in [0.15, 0.2) is 0 Å². The zero-order chi connectivity index (χ0) is 9.72. The quantitative estimate of drug-likeness (QED) is 0.585. The first-order valence-electron chi connectivity index (χ1n) is 3.88. The Morgan fingerprint density at radius 2 is 1.83 bits per heavy atom. The van der Waals surface area contributed by atoms with E-state index in [4.69, 9.17) is 10.3 Å². The van der Waals surface area contributed by atoms with Crippen molar-refractivity contribution >= 4 is 0 Å². The van der Waals surface area contributed by atoms with Gasteiger partial charge in [-0.2, -0.15) is 5.06 Å². The molecule has 1 heterocycles. The normalized spacial score (nSPS) is 16.0. The highest BCUT2D eigenvalue weighted by Gasteiger charge is 2.11. The number of nitrogens with zero attached hydrogens (tertiary/aromatic N) is 1. The lowest BCUT2D eigenvalue weighted by Crippen LogP contribution is -2.18. The summed E-state index contributed by atoms with van der Waals surface area (Å²) in [5.41, 5.74) is 1.24. The first kappa shape index (κ1) is 10.8. The Morgan fingerprint density at radius 1 is 1.33 bits per heavy atom. The van der Waals surface area contributed by atoms with Gasteiger partial charge in [-0.25, -0.2) is 0 Å². The predicted octanol–water partition coefficient (Wildman–Crippen LogP) is 2.58. The number of aliphatic hydroxyl groups is 1. The summed E-state index contributed by atoms with van der Waals surface area (Å²) in [4.78, 5) is 0. The maximum absolute atomic E-state index is 8.95. The minimum Gasteiger partial charge on any atom is -0.493 e. The van der Waals surface area contributed by atoms with Crippen LogP contribution in [0.25, 0.3) is 0 Å². The summed E-state index contributed by atoms with van der Waals surface area (Å²) in [6.45, 7) is 9.31. The summed E-state index contributed by atoms with van der Waals surface area (Å²) in [6.07, 6.45) is 3.12. The Kier molecular flexibility index (Phi) is 4.15. The van der Waals surface area contributed by atoms with Gasteiger partial charge in [-0.15, -0.1) is 0 Å². The highest BCUT2D eigenvalue weighted by atomic mass is 16.5. The van der Waals surface area contributed by atoms with Crippen LogP contribution in [-0.4, -0.2) is 15.4 Å². The van der Waals surface area contributed by atoms with Gasteiger partial charge in [0, 0.05) is 6.08 Å². The van der Waals surface area contributed by atoms with E-state index in [9.17, 15) is 0 Å². The van der Waals surface area contributed by atoms with Crippen LogP contribution in [0.15, 0.2) is 35.9 Å². The summed E-state index contributed by atoms with van der Waals surface area (Å²) >= 11 is 0. The monoisotopic (exact) mass is 169 g/mol. The fourth-order valence-corrected chi connectivity index (χ4v) is 0.778. The molecule has 0 bridgehead atoms. The van der Waals surface area contributed by atoms with Crippen LogP contribution in [0.1, 0.15) is 20.8 Å². The average Bonchev–Trinajstić information content (AvgIpc) is 2.04. The van der Waals surface area contributed by atoms with Crippen LogP contribution in [0, 0.1) is 0 Å². The van der Waals surface area contributed by atoms with Crippen molar-refractivity contribution in [3.8, 4) is 0 Å². The molecule has 0 spiro atoms. The SMILES string of the molecule is C=C1C=C(C)C=C(O)N1O.CC. The van der Waals surface area contributed by atoms with Gasteiger partial charge in [-0.05, 0) is 18.6 Å². The van der Waals surface area contributed by atoms with Crippen molar-refractivity contribution in [2.45, 2.75) is 20.8 Å². The maximum atomic E-state index is 8.95. The summed E-state index contributed by atoms with van der Waals surface area (Å²) < 4.78 is 0. The third-order valence-corrected chi connectivity index (χ3v) is 1.24. The molecule has 0 aromatic rings. The summed E-state index contributed by atoms with van der Waals surface area (Å²) in [6, 6.07) is 0. The molecule has 2 N–H and O–H groups in total. The molecule has 0 unspecified atom stereocenters. The number of rotatable bonds is 0. The van der Waals surface area contributed by atoms with Crippen molar-refractivity contribution in [1.29, 1.82) is 0 Å². The minimum atomic E-state index is -0.190. The van der Waals surface area contributed by atoms with Gasteiger partial charge in [-0.1, -0.05) is 20.4 Å². The van der Waals surface area contributed by atoms with E-state index in [0.29, 0.717) is 10.8 Å². The molecular weight excluding hydrogens is 154 g/mol. The van der Waals surface area contributed by atoms with Crippen LogP contribution in [-0.2, 0) is 0 Å². The van der Waals surface area contributed by atoms with Gasteiger partial charge in [0.2, 0.25) is 5.88 Å². The number of hydrogen-bond donors (Lipinski definition) is 2. The lowest BCUT2D eigenvalue weighted by atomic mass is 10.2. The van der Waals surface area contributed by atoms with Gasteiger partial charge in [0.25, 0.3) is 0 Å². The van der Waals surface area contributed by atoms with E-state index in [1.165, 1.54) is 6.08 Å². The third kappa shape index (κ3) is 2.43. The summed E-state index contributed by atoms with van der Waals surface area (Å²) in [5, 5.41) is 18.5. The Bertz CT molecular complexity index is 229. The van der Waals surface area contributed by atoms with E-state index in [-0.39, 0.29) is 5.88 Å². The Morgan fingerprint density at radius 3 is 2.25 bits per heavy atom. The molecule has 0 saturated carbocycles. The first-order valence-corrected chi connectivity index (χ1v) is 3.88. The maximum Gasteiger partial charge on any atom is 0.216 e. The molecule has 3 nitrogen and oxygen atoms in total. The van der Waals surface area contributed by atoms with E-state index in [0.717, 1.165) is 5.57 Å². The van der Waals surface area contributed by atoms with Crippen molar-refractivity contribution < 1.29 is 10.3 Å². The van der Waals surface area contributed by atoms with Gasteiger partial charge in [0.1, 0.15) is 0 Å². The molecule has 0 amide bonds. The molecule has 1 aliphatic heterocycles. The second-order valence-electron chi connectivity index (χ2n) is 2.19. The summed E-state index contributed by atoms with van der Waals surface area (Å²) in [5.74, 6) is -0.190. The molecule has 0 radical (unpaired) electrons. The van der Waals surface area contributed by atoms with Gasteiger partial charge >= 0.3 is 0 Å². The van der Waals surface area contributed by atoms with Crippen LogP contribution in [0.2, 0.25) is 0 Å². The Hall–Kier alpha value is -1.22. The Balaban J connectivity index is 0.000000561. The largest absolute Gasteiger partial charge is 0.493 e. The third-order valence-electron chi connectivity index (χ3n) is 1.24. The van der Waals surface area contributed by atoms with Gasteiger partial charge in [-0.3, -0.25) is 5.21 Å². The molecule has 0 atom stereocenters. The van der Waals surface area contributed by atoms with Crippen molar-refractivity contribution in [2.24, 2.45) is 0 Å². The molecule has 0 aromatic heterocycles. The first-order chi connectivity index (χ1) is 5.61. The van der Waals surface area contributed by atoms with Crippen molar-refractivity contribution in [1.82, 2.24) is 5.06 Å². The summed E-state index contributed by atoms with van der Waals surface area (Å²) in [7, 11) is 0. The lowest BCUT2D eigenvalue weighted by molar-refractivity contribution is -0.0567. The molecule has 1 rings (SSSR count). The highest BCUT2D eigenvalue weighted by molar-refractivity contribution is 5.32. The van der Waals surface area contributed by atoms with Crippen LogP contribution in [0.5, 0.6) is 0 Å². The zero-order valence-corrected chi connectivity index (χ0v) is 7.70. The fourth-order valence-electron chi connectivity index (χ4n) is 0.778. The fraction of sp³-hybridized carbons (Fsp3) is 0.333. The minimum absolute atomic E-state index is 0.190. The van der Waals surface area contributed by atoms with E-state index >= 15 is 0 Å². The van der Waals surface area contributed by atoms with Crippen LogP contribution >= 0.6 is 0 Å². The van der Waals surface area contributed by atoms with Gasteiger partial charge in [0.05, 0.1) is 5.70 Å². The number of hydrogen-bond acceptors (Lipinski definition) is 3. The second-order valence-corrected chi connectivity index (χ2v) is 2.19. The molecule has 0 fully saturated rings. The molecule has 0 saturated heterocycles. The predicted molar refractivity (Wildman–Crippen MR) is 48.6 cm³/mol. The van der Waals surface area contributed by atoms with Crippen molar-refractivity contribution in [3.63, 3.8) is 0 Å². The Labute approximate surface area is 72.9 Å². The van der Waals surface area contributed by atoms with Crippen molar-refractivity contribution in [2.75, 3.05) is 0 Å². The van der Waals surface area contributed by atoms with E-state index in [1.54, 1.807) is 6.08 Å². The topological polar surface area (TPSA) is 43.7 Å². The zero-order valence-electron chi connectivity index (χ0n) is 7.70. The molecule has 0 aliphatic carbocycles. The van der Waals surface area contributed by atoms with E-state index in [2.05, 4.69) is 6.58 Å². The van der Waals surface area contributed by atoms with Gasteiger partial charge < -0.3 is 5.11 Å². The van der Waals surface area contributed by atoms with E-state index < -0.39 is 0 Å². The van der Waals surface area contributed by atoms with Crippen LogP contribution in [0.3, 0.4) is 0 Å². The number of aliphatic hydroxyl groups excluding tert-OH is 1. The van der Waals surface area contributed by atoms with Crippen LogP contribution in [0.4, 0.5) is 0 Å². The lowest BCUT2D eigenvalue weighted by Gasteiger charge is -2.19. The molecular formula is C9H15NO2. The standard InChI is InChI=1S/C7H9NO2.C2H6/c1-5-3-6(2)8(10)7(9)4-5;1-2/h3-4,9-10H,2H2,1H3;1-2H3. The van der Waals surface area contributed by atoms with E-state index in [1.807, 2.05) is 20.8 Å². The molecule has 0 aromatic carbocycles. The van der Waals surface area contributed by atoms with Crippen molar-refractivity contribution in [3.05, 3.63) is 35.9 Å². The smallest absolute Gasteiger partial charge is 0.216 e. The second kappa shape index (κ2) is 4.62. The number of allylic oxidation sites excluding steroid dienone is 3. The highest BCUT2D eigenvalue weighted by Crippen LogP contribution is 2.16. The molecule has 68 valence electrons. The number of hydroxylamine groups is 2. The molecule has 12 heavy (non-hydrogen) atoms.